The van der Waals surface area contributed by atoms with Gasteiger partial charge in [0.2, 0.25) is 0 Å². The Morgan fingerprint density at radius 3 is 2.78 bits per heavy atom. The minimum absolute atomic E-state index is 0.702. The molecule has 0 aliphatic carbocycles. The van der Waals surface area contributed by atoms with E-state index in [4.69, 9.17) is 5.26 Å². The molecule has 0 aliphatic heterocycles. The van der Waals surface area contributed by atoms with Crippen LogP contribution in [0.25, 0.3) is 0 Å². The van der Waals surface area contributed by atoms with E-state index in [-0.39, 0.29) is 0 Å². The molecular weight excluding hydrogens is 335 g/mol. The van der Waals surface area contributed by atoms with Crippen LogP contribution in [0, 0.1) is 21.8 Å². The molecule has 0 atom stereocenters. The summed E-state index contributed by atoms with van der Waals surface area (Å²) >= 11 is 2.31. The Bertz CT molecular complexity index is 600. The molecule has 0 saturated heterocycles. The lowest BCUT2D eigenvalue weighted by molar-refractivity contribution is 1.14. The molecule has 2 nitrogen and oxygen atoms in total. The minimum atomic E-state index is 0.702. The molecule has 0 fully saturated rings. The van der Waals surface area contributed by atoms with Crippen LogP contribution in [0.15, 0.2) is 42.5 Å². The molecule has 3 heteroatoms. The van der Waals surface area contributed by atoms with E-state index in [9.17, 15) is 0 Å². The van der Waals surface area contributed by atoms with Crippen LogP contribution in [0.4, 0.5) is 5.69 Å². The number of nitriles is 1. The molecule has 2 aromatic rings. The first-order valence-corrected chi connectivity index (χ1v) is 6.76. The highest BCUT2D eigenvalue weighted by Gasteiger charge is 1.99. The molecule has 90 valence electrons. The standard InChI is InChI=1S/C15H13IN2/c1-11-7-14(16)5-6-15(11)18-10-13-4-2-3-12(8-13)9-17/h2-8,18H,10H2,1H3. The second-order valence-corrected chi connectivity index (χ2v) is 5.37. The Kier molecular flexibility index (Phi) is 4.21. The Hall–Kier alpha value is -1.54. The van der Waals surface area contributed by atoms with Crippen LogP contribution in [-0.4, -0.2) is 0 Å². The number of nitrogens with zero attached hydrogens (tertiary/aromatic N) is 1. The number of benzene rings is 2. The Labute approximate surface area is 121 Å². The van der Waals surface area contributed by atoms with Gasteiger partial charge in [-0.2, -0.15) is 5.26 Å². The fourth-order valence-electron chi connectivity index (χ4n) is 1.77. The van der Waals surface area contributed by atoms with Crippen molar-refractivity contribution < 1.29 is 0 Å². The number of nitrogens with one attached hydrogen (secondary N) is 1. The third kappa shape index (κ3) is 3.23. The number of hydrogen-bond donors (Lipinski definition) is 1. The quantitative estimate of drug-likeness (QED) is 0.849. The summed E-state index contributed by atoms with van der Waals surface area (Å²) in [6.45, 7) is 2.83. The van der Waals surface area contributed by atoms with Crippen molar-refractivity contribution in [2.24, 2.45) is 0 Å². The number of rotatable bonds is 3. The van der Waals surface area contributed by atoms with Gasteiger partial charge in [-0.25, -0.2) is 0 Å². The number of hydrogen-bond acceptors (Lipinski definition) is 2. The van der Waals surface area contributed by atoms with Gasteiger partial charge in [-0.05, 0) is 71.0 Å². The molecule has 0 aliphatic rings. The van der Waals surface area contributed by atoms with Crippen LogP contribution in [-0.2, 0) is 6.54 Å². The highest BCUT2D eigenvalue weighted by atomic mass is 127. The zero-order valence-electron chi connectivity index (χ0n) is 10.1. The van der Waals surface area contributed by atoms with Crippen LogP contribution >= 0.6 is 22.6 Å². The van der Waals surface area contributed by atoms with Crippen molar-refractivity contribution in [2.45, 2.75) is 13.5 Å². The van der Waals surface area contributed by atoms with Crippen LogP contribution in [0.1, 0.15) is 16.7 Å². The van der Waals surface area contributed by atoms with Crippen molar-refractivity contribution in [3.63, 3.8) is 0 Å². The van der Waals surface area contributed by atoms with Gasteiger partial charge >= 0.3 is 0 Å². The van der Waals surface area contributed by atoms with Gasteiger partial charge in [-0.15, -0.1) is 0 Å². The predicted octanol–water partition coefficient (Wildman–Crippen LogP) is 4.08. The highest BCUT2D eigenvalue weighted by molar-refractivity contribution is 14.1. The smallest absolute Gasteiger partial charge is 0.0991 e. The second kappa shape index (κ2) is 5.87. The zero-order valence-corrected chi connectivity index (χ0v) is 12.2. The Morgan fingerprint density at radius 1 is 1.22 bits per heavy atom. The van der Waals surface area contributed by atoms with Crippen molar-refractivity contribution in [1.29, 1.82) is 5.26 Å². The summed E-state index contributed by atoms with van der Waals surface area (Å²) in [7, 11) is 0. The summed E-state index contributed by atoms with van der Waals surface area (Å²) in [4.78, 5) is 0. The number of halogens is 1. The second-order valence-electron chi connectivity index (χ2n) is 4.12. The van der Waals surface area contributed by atoms with Gasteiger partial charge in [0.05, 0.1) is 11.6 Å². The zero-order chi connectivity index (χ0) is 13.0. The molecule has 0 spiro atoms. The third-order valence-corrected chi connectivity index (χ3v) is 3.40. The van der Waals surface area contributed by atoms with Gasteiger partial charge in [-0.3, -0.25) is 0 Å². The minimum Gasteiger partial charge on any atom is -0.381 e. The topological polar surface area (TPSA) is 35.8 Å². The maximum absolute atomic E-state index is 8.85. The average molecular weight is 348 g/mol. The van der Waals surface area contributed by atoms with Gasteiger partial charge in [0.1, 0.15) is 0 Å². The Balaban J connectivity index is 2.09. The van der Waals surface area contributed by atoms with Crippen molar-refractivity contribution in [3.8, 4) is 6.07 Å². The van der Waals surface area contributed by atoms with Crippen molar-refractivity contribution in [1.82, 2.24) is 0 Å². The van der Waals surface area contributed by atoms with Crippen molar-refractivity contribution >= 4 is 28.3 Å². The molecule has 0 heterocycles. The first-order chi connectivity index (χ1) is 8.69. The molecule has 0 bridgehead atoms. The maximum atomic E-state index is 8.85. The third-order valence-electron chi connectivity index (χ3n) is 2.73. The fraction of sp³-hybridized carbons (Fsp3) is 0.133. The lowest BCUT2D eigenvalue weighted by Gasteiger charge is -2.10. The summed E-state index contributed by atoms with van der Waals surface area (Å²) in [6.07, 6.45) is 0. The summed E-state index contributed by atoms with van der Waals surface area (Å²) in [5.41, 5.74) is 4.19. The maximum Gasteiger partial charge on any atom is 0.0991 e. The van der Waals surface area contributed by atoms with E-state index < -0.39 is 0 Å². The number of aryl methyl sites for hydroxylation is 1. The number of anilines is 1. The molecule has 2 aromatic carbocycles. The molecule has 18 heavy (non-hydrogen) atoms. The molecule has 1 N–H and O–H groups in total. The SMILES string of the molecule is Cc1cc(I)ccc1NCc1cccc(C#N)c1. The van der Waals surface area contributed by atoms with Gasteiger partial charge in [0.15, 0.2) is 0 Å². The van der Waals surface area contributed by atoms with E-state index in [0.29, 0.717) is 5.56 Å². The molecule has 0 saturated carbocycles. The first-order valence-electron chi connectivity index (χ1n) is 5.68. The van der Waals surface area contributed by atoms with E-state index in [2.05, 4.69) is 59.1 Å². The largest absolute Gasteiger partial charge is 0.381 e. The highest BCUT2D eigenvalue weighted by Crippen LogP contribution is 2.18. The average Bonchev–Trinajstić information content (AvgIpc) is 2.38. The summed E-state index contributed by atoms with van der Waals surface area (Å²) in [6, 6.07) is 16.1. The molecule has 0 amide bonds. The van der Waals surface area contributed by atoms with Crippen molar-refractivity contribution in [2.75, 3.05) is 5.32 Å². The lowest BCUT2D eigenvalue weighted by atomic mass is 10.1. The van der Waals surface area contributed by atoms with Gasteiger partial charge < -0.3 is 5.32 Å². The van der Waals surface area contributed by atoms with E-state index in [0.717, 1.165) is 17.8 Å². The molecular formula is C15H13IN2. The first kappa shape index (κ1) is 12.9. The fourth-order valence-corrected chi connectivity index (χ4v) is 2.42. The lowest BCUT2D eigenvalue weighted by Crippen LogP contribution is -2.01. The van der Waals surface area contributed by atoms with Crippen molar-refractivity contribution in [3.05, 3.63) is 62.7 Å². The van der Waals surface area contributed by atoms with Crippen LogP contribution in [0.2, 0.25) is 0 Å². The van der Waals surface area contributed by atoms with Crippen LogP contribution in [0.5, 0.6) is 0 Å². The van der Waals surface area contributed by atoms with E-state index in [1.54, 1.807) is 0 Å². The molecule has 0 radical (unpaired) electrons. The summed E-state index contributed by atoms with van der Waals surface area (Å²) in [5, 5.41) is 12.2. The predicted molar refractivity (Wildman–Crippen MR) is 82.4 cm³/mol. The van der Waals surface area contributed by atoms with Crippen LogP contribution < -0.4 is 5.32 Å². The van der Waals surface area contributed by atoms with E-state index in [1.807, 2.05) is 24.3 Å². The summed E-state index contributed by atoms with van der Waals surface area (Å²) < 4.78 is 1.24. The summed E-state index contributed by atoms with van der Waals surface area (Å²) in [5.74, 6) is 0. The van der Waals surface area contributed by atoms with Gasteiger partial charge in [-0.1, -0.05) is 12.1 Å². The Morgan fingerprint density at radius 2 is 2.06 bits per heavy atom. The van der Waals surface area contributed by atoms with Crippen LogP contribution in [0.3, 0.4) is 0 Å². The molecule has 2 rings (SSSR count). The van der Waals surface area contributed by atoms with E-state index in [1.165, 1.54) is 9.13 Å². The molecule has 0 aromatic heterocycles. The normalized spacial score (nSPS) is 9.83. The molecule has 0 unspecified atom stereocenters. The van der Waals surface area contributed by atoms with E-state index >= 15 is 0 Å². The van der Waals surface area contributed by atoms with Gasteiger partial charge in [0, 0.05) is 15.8 Å². The monoisotopic (exact) mass is 348 g/mol. The van der Waals surface area contributed by atoms with Gasteiger partial charge in [0.25, 0.3) is 0 Å².